The molecule has 2 aromatic rings. The summed E-state index contributed by atoms with van der Waals surface area (Å²) in [5.41, 5.74) is 2.20. The second-order valence-corrected chi connectivity index (χ2v) is 5.01. The average Bonchev–Trinajstić information content (AvgIpc) is 2.60. The van der Waals surface area contributed by atoms with Crippen molar-refractivity contribution in [2.24, 2.45) is 0 Å². The standard InChI is InChI=1S/C18H20N2O3/c1-23-13-14-7-9-16(10-8-14)18(22)20-12-11-19-17(21)15-5-3-2-4-6-15/h2-10H,11-13H2,1H3,(H,19,21)(H,20,22). The molecule has 5 heteroatoms. The van der Waals surface area contributed by atoms with Crippen molar-refractivity contribution in [2.75, 3.05) is 20.2 Å². The second-order valence-electron chi connectivity index (χ2n) is 5.01. The minimum Gasteiger partial charge on any atom is -0.380 e. The van der Waals surface area contributed by atoms with Crippen LogP contribution in [0.25, 0.3) is 0 Å². The number of hydrogen-bond acceptors (Lipinski definition) is 3. The molecule has 23 heavy (non-hydrogen) atoms. The molecule has 120 valence electrons. The molecule has 2 aromatic carbocycles. The zero-order valence-electron chi connectivity index (χ0n) is 13.0. The van der Waals surface area contributed by atoms with E-state index in [9.17, 15) is 9.59 Å². The van der Waals surface area contributed by atoms with Crippen molar-refractivity contribution in [3.05, 3.63) is 71.3 Å². The largest absolute Gasteiger partial charge is 0.380 e. The first-order chi connectivity index (χ1) is 11.2. The number of methoxy groups -OCH3 is 1. The molecular weight excluding hydrogens is 292 g/mol. The molecule has 0 aliphatic rings. The summed E-state index contributed by atoms with van der Waals surface area (Å²) in [7, 11) is 1.63. The molecule has 2 rings (SSSR count). The fourth-order valence-electron chi connectivity index (χ4n) is 2.06. The molecule has 2 N–H and O–H groups in total. The normalized spacial score (nSPS) is 10.1. The van der Waals surface area contributed by atoms with Crippen LogP contribution in [0.5, 0.6) is 0 Å². The Morgan fingerprint density at radius 2 is 1.35 bits per heavy atom. The minimum atomic E-state index is -0.164. The summed E-state index contributed by atoms with van der Waals surface area (Å²) in [6.45, 7) is 1.27. The van der Waals surface area contributed by atoms with Crippen molar-refractivity contribution in [3.63, 3.8) is 0 Å². The van der Waals surface area contributed by atoms with E-state index in [-0.39, 0.29) is 11.8 Å². The third kappa shape index (κ3) is 5.23. The highest BCUT2D eigenvalue weighted by atomic mass is 16.5. The van der Waals surface area contributed by atoms with E-state index >= 15 is 0 Å². The number of amides is 2. The molecule has 0 aliphatic carbocycles. The lowest BCUT2D eigenvalue weighted by atomic mass is 10.1. The summed E-state index contributed by atoms with van der Waals surface area (Å²) in [6, 6.07) is 16.2. The number of rotatable bonds is 7. The highest BCUT2D eigenvalue weighted by Crippen LogP contribution is 2.05. The Bertz CT molecular complexity index is 639. The predicted octanol–water partition coefficient (Wildman–Crippen LogP) is 1.99. The van der Waals surface area contributed by atoms with Gasteiger partial charge in [0.15, 0.2) is 0 Å². The molecule has 0 atom stereocenters. The summed E-state index contributed by atoms with van der Waals surface area (Å²) >= 11 is 0. The number of nitrogens with one attached hydrogen (secondary N) is 2. The summed E-state index contributed by atoms with van der Waals surface area (Å²) in [4.78, 5) is 23.8. The highest BCUT2D eigenvalue weighted by Gasteiger charge is 2.06. The van der Waals surface area contributed by atoms with Gasteiger partial charge in [0.2, 0.25) is 0 Å². The first kappa shape index (κ1) is 16.7. The zero-order chi connectivity index (χ0) is 16.5. The van der Waals surface area contributed by atoms with Gasteiger partial charge in [0.25, 0.3) is 11.8 Å². The van der Waals surface area contributed by atoms with Gasteiger partial charge in [0, 0.05) is 31.3 Å². The molecule has 0 aromatic heterocycles. The van der Waals surface area contributed by atoms with Crippen LogP contribution >= 0.6 is 0 Å². The van der Waals surface area contributed by atoms with Gasteiger partial charge in [-0.3, -0.25) is 9.59 Å². The molecule has 0 radical (unpaired) electrons. The fourth-order valence-corrected chi connectivity index (χ4v) is 2.06. The number of carbonyl (C=O) groups is 2. The van der Waals surface area contributed by atoms with E-state index in [1.165, 1.54) is 0 Å². The molecule has 0 saturated carbocycles. The van der Waals surface area contributed by atoms with Crippen LogP contribution in [0.1, 0.15) is 26.3 Å². The molecule has 0 saturated heterocycles. The average molecular weight is 312 g/mol. The lowest BCUT2D eigenvalue weighted by Gasteiger charge is -2.08. The molecule has 0 unspecified atom stereocenters. The summed E-state index contributed by atoms with van der Waals surface area (Å²) < 4.78 is 5.03. The predicted molar refractivity (Wildman–Crippen MR) is 88.3 cm³/mol. The SMILES string of the molecule is COCc1ccc(C(=O)NCCNC(=O)c2ccccc2)cc1. The van der Waals surface area contributed by atoms with Crippen LogP contribution in [0.4, 0.5) is 0 Å². The lowest BCUT2D eigenvalue weighted by Crippen LogP contribution is -2.34. The van der Waals surface area contributed by atoms with Gasteiger partial charge in [-0.2, -0.15) is 0 Å². The number of benzene rings is 2. The van der Waals surface area contributed by atoms with E-state index in [0.717, 1.165) is 5.56 Å². The quantitative estimate of drug-likeness (QED) is 0.768. The molecule has 0 bridgehead atoms. The Kier molecular flexibility index (Phi) is 6.32. The molecule has 2 amide bonds. The first-order valence-corrected chi connectivity index (χ1v) is 7.40. The third-order valence-corrected chi connectivity index (χ3v) is 3.26. The van der Waals surface area contributed by atoms with Crippen LogP contribution in [-0.4, -0.2) is 32.0 Å². The number of ether oxygens (including phenoxy) is 1. The fraction of sp³-hybridized carbons (Fsp3) is 0.222. The topological polar surface area (TPSA) is 67.4 Å². The highest BCUT2D eigenvalue weighted by molar-refractivity contribution is 5.95. The van der Waals surface area contributed by atoms with Gasteiger partial charge < -0.3 is 15.4 Å². The Labute approximate surface area is 135 Å². The molecular formula is C18H20N2O3. The minimum absolute atomic E-state index is 0.149. The Balaban J connectivity index is 1.73. The van der Waals surface area contributed by atoms with Crippen LogP contribution in [0, 0.1) is 0 Å². The van der Waals surface area contributed by atoms with Crippen molar-refractivity contribution in [1.29, 1.82) is 0 Å². The van der Waals surface area contributed by atoms with Gasteiger partial charge in [0.1, 0.15) is 0 Å². The van der Waals surface area contributed by atoms with E-state index in [4.69, 9.17) is 4.74 Å². The monoisotopic (exact) mass is 312 g/mol. The number of carbonyl (C=O) groups excluding carboxylic acids is 2. The second kappa shape index (κ2) is 8.70. The molecule has 0 heterocycles. The maximum atomic E-state index is 12.0. The van der Waals surface area contributed by atoms with Crippen molar-refractivity contribution < 1.29 is 14.3 Å². The van der Waals surface area contributed by atoms with Crippen molar-refractivity contribution in [3.8, 4) is 0 Å². The first-order valence-electron chi connectivity index (χ1n) is 7.40. The third-order valence-electron chi connectivity index (χ3n) is 3.26. The maximum absolute atomic E-state index is 12.0. The van der Waals surface area contributed by atoms with E-state index < -0.39 is 0 Å². The van der Waals surface area contributed by atoms with Crippen LogP contribution < -0.4 is 10.6 Å². The van der Waals surface area contributed by atoms with Gasteiger partial charge in [-0.1, -0.05) is 30.3 Å². The van der Waals surface area contributed by atoms with Crippen LogP contribution in [-0.2, 0) is 11.3 Å². The van der Waals surface area contributed by atoms with Crippen molar-refractivity contribution in [2.45, 2.75) is 6.61 Å². The van der Waals surface area contributed by atoms with Crippen LogP contribution in [0.3, 0.4) is 0 Å². The Morgan fingerprint density at radius 3 is 1.87 bits per heavy atom. The van der Waals surface area contributed by atoms with E-state index in [0.29, 0.717) is 30.8 Å². The smallest absolute Gasteiger partial charge is 0.251 e. The molecule has 5 nitrogen and oxygen atoms in total. The van der Waals surface area contributed by atoms with E-state index in [1.54, 1.807) is 31.4 Å². The Hall–Kier alpha value is -2.66. The van der Waals surface area contributed by atoms with Gasteiger partial charge in [-0.15, -0.1) is 0 Å². The van der Waals surface area contributed by atoms with Crippen molar-refractivity contribution >= 4 is 11.8 Å². The van der Waals surface area contributed by atoms with Gasteiger partial charge >= 0.3 is 0 Å². The van der Waals surface area contributed by atoms with Gasteiger partial charge in [0.05, 0.1) is 6.61 Å². The zero-order valence-corrected chi connectivity index (χ0v) is 13.0. The summed E-state index contributed by atoms with van der Waals surface area (Å²) in [5.74, 6) is -0.313. The summed E-state index contributed by atoms with van der Waals surface area (Å²) in [5, 5.41) is 5.53. The van der Waals surface area contributed by atoms with Crippen molar-refractivity contribution in [1.82, 2.24) is 10.6 Å². The maximum Gasteiger partial charge on any atom is 0.251 e. The van der Waals surface area contributed by atoms with E-state index in [2.05, 4.69) is 10.6 Å². The van der Waals surface area contributed by atoms with Gasteiger partial charge in [-0.25, -0.2) is 0 Å². The molecule has 0 aliphatic heterocycles. The van der Waals surface area contributed by atoms with Crippen LogP contribution in [0.15, 0.2) is 54.6 Å². The Morgan fingerprint density at radius 1 is 0.826 bits per heavy atom. The lowest BCUT2D eigenvalue weighted by molar-refractivity contribution is 0.0927. The van der Waals surface area contributed by atoms with E-state index in [1.807, 2.05) is 30.3 Å². The molecule has 0 spiro atoms. The number of hydrogen-bond donors (Lipinski definition) is 2. The van der Waals surface area contributed by atoms with Crippen LogP contribution in [0.2, 0.25) is 0 Å². The molecule has 0 fully saturated rings. The summed E-state index contributed by atoms with van der Waals surface area (Å²) in [6.07, 6.45) is 0. The van der Waals surface area contributed by atoms with Gasteiger partial charge in [-0.05, 0) is 29.8 Å².